The predicted molar refractivity (Wildman–Crippen MR) is 93.5 cm³/mol. The van der Waals surface area contributed by atoms with E-state index < -0.39 is 5.82 Å². The number of hydrogen-bond donors (Lipinski definition) is 2. The number of nitrogens with one attached hydrogen (secondary N) is 2. The van der Waals surface area contributed by atoms with Crippen LogP contribution < -0.4 is 14.8 Å². The zero-order valence-corrected chi connectivity index (χ0v) is 14.5. The van der Waals surface area contributed by atoms with Gasteiger partial charge in [-0.25, -0.2) is 4.39 Å². The first-order valence-corrected chi connectivity index (χ1v) is 8.41. The number of hydrogen-bond acceptors (Lipinski definition) is 4. The molecular weight excluding hydrogens is 393 g/mol. The van der Waals surface area contributed by atoms with Crippen LogP contribution in [0.5, 0.6) is 11.5 Å². The molecule has 0 saturated heterocycles. The van der Waals surface area contributed by atoms with Crippen LogP contribution in [0.1, 0.15) is 5.56 Å². The van der Waals surface area contributed by atoms with Gasteiger partial charge >= 0.3 is 0 Å². The third kappa shape index (κ3) is 3.05. The Morgan fingerprint density at radius 2 is 2.04 bits per heavy atom. The van der Waals surface area contributed by atoms with E-state index in [2.05, 4.69) is 31.4 Å². The van der Waals surface area contributed by atoms with E-state index in [0.717, 1.165) is 5.56 Å². The second-order valence-electron chi connectivity index (χ2n) is 5.55. The molecule has 0 bridgehead atoms. The zero-order chi connectivity index (χ0) is 17.4. The van der Waals surface area contributed by atoms with Crippen LogP contribution in [0.4, 0.5) is 10.2 Å². The fraction of sp³-hybridized carbons (Fsp3) is 0.176. The Morgan fingerprint density at radius 1 is 1.24 bits per heavy atom. The molecule has 0 unspecified atom stereocenters. The molecule has 6 nitrogen and oxygen atoms in total. The van der Waals surface area contributed by atoms with E-state index in [1.165, 1.54) is 6.07 Å². The first kappa shape index (κ1) is 15.9. The molecule has 1 aliphatic heterocycles. The Kier molecular flexibility index (Phi) is 4.04. The van der Waals surface area contributed by atoms with Gasteiger partial charge in [-0.05, 0) is 45.8 Å². The molecule has 1 aliphatic rings. The molecule has 0 atom stereocenters. The molecule has 0 aliphatic carbocycles. The molecule has 2 heterocycles. The van der Waals surface area contributed by atoms with Gasteiger partial charge in [0.2, 0.25) is 5.91 Å². The lowest BCUT2D eigenvalue weighted by molar-refractivity contribution is -0.115. The molecule has 8 heteroatoms. The summed E-state index contributed by atoms with van der Waals surface area (Å²) >= 11 is 3.32. The van der Waals surface area contributed by atoms with Gasteiger partial charge in [0.25, 0.3) is 0 Å². The SMILES string of the molecule is O=C(Cc1ccc2c(c1)OCCO2)Nc1n[nH]c2c(Br)ccc(F)c12. The first-order chi connectivity index (χ1) is 12.1. The monoisotopic (exact) mass is 405 g/mol. The van der Waals surface area contributed by atoms with Crippen molar-refractivity contribution in [3.05, 3.63) is 46.2 Å². The number of fused-ring (bicyclic) bond motifs is 2. The molecule has 0 fully saturated rings. The van der Waals surface area contributed by atoms with Crippen molar-refractivity contribution >= 4 is 38.6 Å². The molecule has 3 aromatic rings. The fourth-order valence-electron chi connectivity index (χ4n) is 2.71. The topological polar surface area (TPSA) is 76.2 Å². The maximum Gasteiger partial charge on any atom is 0.230 e. The lowest BCUT2D eigenvalue weighted by Gasteiger charge is -2.18. The van der Waals surface area contributed by atoms with Gasteiger partial charge < -0.3 is 14.8 Å². The second kappa shape index (κ2) is 6.36. The van der Waals surface area contributed by atoms with Crippen LogP contribution in [0.15, 0.2) is 34.8 Å². The highest BCUT2D eigenvalue weighted by Gasteiger charge is 2.17. The van der Waals surface area contributed by atoms with Gasteiger partial charge in [0, 0.05) is 4.47 Å². The van der Waals surface area contributed by atoms with Crippen LogP contribution in [-0.4, -0.2) is 29.3 Å². The standard InChI is InChI=1S/C17H13BrFN3O3/c18-10-2-3-11(19)15-16(10)21-22-17(15)20-14(23)8-9-1-4-12-13(7-9)25-6-5-24-12/h1-4,7H,5-6,8H2,(H2,20,21,22,23). The second-order valence-corrected chi connectivity index (χ2v) is 6.41. The van der Waals surface area contributed by atoms with Crippen molar-refractivity contribution < 1.29 is 18.7 Å². The quantitative estimate of drug-likeness (QED) is 0.699. The number of nitrogens with zero attached hydrogens (tertiary/aromatic N) is 1. The molecule has 0 saturated carbocycles. The highest BCUT2D eigenvalue weighted by molar-refractivity contribution is 9.10. The lowest BCUT2D eigenvalue weighted by atomic mass is 10.1. The number of H-pyrrole nitrogens is 1. The minimum Gasteiger partial charge on any atom is -0.486 e. The third-order valence-electron chi connectivity index (χ3n) is 3.85. The van der Waals surface area contributed by atoms with Crippen LogP contribution in [0.2, 0.25) is 0 Å². The molecule has 1 amide bonds. The average Bonchev–Trinajstić information content (AvgIpc) is 3.03. The summed E-state index contributed by atoms with van der Waals surface area (Å²) in [5.74, 6) is 0.694. The largest absolute Gasteiger partial charge is 0.486 e. The Balaban J connectivity index is 1.54. The smallest absolute Gasteiger partial charge is 0.230 e. The number of aromatic amines is 1. The van der Waals surface area contributed by atoms with Crippen LogP contribution in [0, 0.1) is 5.82 Å². The molecule has 2 N–H and O–H groups in total. The minimum atomic E-state index is -0.457. The van der Waals surface area contributed by atoms with Crippen LogP contribution in [0.25, 0.3) is 10.9 Å². The molecule has 0 spiro atoms. The summed E-state index contributed by atoms with van der Waals surface area (Å²) in [6.45, 7) is 0.996. The Hall–Kier alpha value is -2.61. The molecular formula is C17H13BrFN3O3. The molecule has 128 valence electrons. The van der Waals surface area contributed by atoms with Gasteiger partial charge in [-0.3, -0.25) is 9.89 Å². The number of amides is 1. The van der Waals surface area contributed by atoms with E-state index in [1.807, 2.05) is 0 Å². The van der Waals surface area contributed by atoms with E-state index >= 15 is 0 Å². The number of rotatable bonds is 3. The Morgan fingerprint density at radius 3 is 2.88 bits per heavy atom. The van der Waals surface area contributed by atoms with Gasteiger partial charge in [0.15, 0.2) is 17.3 Å². The van der Waals surface area contributed by atoms with E-state index in [0.29, 0.717) is 34.7 Å². The van der Waals surface area contributed by atoms with Crippen molar-refractivity contribution in [1.82, 2.24) is 10.2 Å². The van der Waals surface area contributed by atoms with Crippen molar-refractivity contribution in [2.45, 2.75) is 6.42 Å². The molecule has 25 heavy (non-hydrogen) atoms. The number of carbonyl (C=O) groups is 1. The number of ether oxygens (including phenoxy) is 2. The number of carbonyl (C=O) groups excluding carboxylic acids is 1. The average molecular weight is 406 g/mol. The number of halogens is 2. The summed E-state index contributed by atoms with van der Waals surface area (Å²) in [7, 11) is 0. The van der Waals surface area contributed by atoms with Gasteiger partial charge in [-0.15, -0.1) is 0 Å². The maximum atomic E-state index is 14.1. The maximum absolute atomic E-state index is 14.1. The summed E-state index contributed by atoms with van der Waals surface area (Å²) in [6, 6.07) is 8.24. The summed E-state index contributed by atoms with van der Waals surface area (Å²) in [6.07, 6.45) is 0.112. The van der Waals surface area contributed by atoms with Crippen molar-refractivity contribution in [2.24, 2.45) is 0 Å². The van der Waals surface area contributed by atoms with Crippen molar-refractivity contribution in [2.75, 3.05) is 18.5 Å². The molecule has 1 aromatic heterocycles. The predicted octanol–water partition coefficient (Wildman–Crippen LogP) is 3.42. The van der Waals surface area contributed by atoms with Crippen molar-refractivity contribution in [3.8, 4) is 11.5 Å². The highest BCUT2D eigenvalue weighted by atomic mass is 79.9. The van der Waals surface area contributed by atoms with Crippen LogP contribution >= 0.6 is 15.9 Å². The van der Waals surface area contributed by atoms with Gasteiger partial charge in [-0.2, -0.15) is 5.10 Å². The summed E-state index contributed by atoms with van der Waals surface area (Å²) in [5.41, 5.74) is 1.26. The Labute approximate surface area is 150 Å². The number of benzene rings is 2. The summed E-state index contributed by atoms with van der Waals surface area (Å²) in [5, 5.41) is 9.60. The number of anilines is 1. The number of aromatic nitrogens is 2. The van der Waals surface area contributed by atoms with Gasteiger partial charge in [-0.1, -0.05) is 6.07 Å². The van der Waals surface area contributed by atoms with E-state index in [1.54, 1.807) is 24.3 Å². The summed E-state index contributed by atoms with van der Waals surface area (Å²) in [4.78, 5) is 12.3. The molecule has 4 rings (SSSR count). The molecule has 0 radical (unpaired) electrons. The van der Waals surface area contributed by atoms with E-state index in [4.69, 9.17) is 9.47 Å². The van der Waals surface area contributed by atoms with Gasteiger partial charge in [0.05, 0.1) is 17.3 Å². The van der Waals surface area contributed by atoms with E-state index in [9.17, 15) is 9.18 Å². The van der Waals surface area contributed by atoms with Crippen LogP contribution in [0.3, 0.4) is 0 Å². The normalized spacial score (nSPS) is 13.0. The van der Waals surface area contributed by atoms with Crippen LogP contribution in [-0.2, 0) is 11.2 Å². The lowest BCUT2D eigenvalue weighted by Crippen LogP contribution is -2.17. The third-order valence-corrected chi connectivity index (χ3v) is 4.51. The molecule has 2 aromatic carbocycles. The van der Waals surface area contributed by atoms with E-state index in [-0.39, 0.29) is 23.5 Å². The summed E-state index contributed by atoms with van der Waals surface area (Å²) < 4.78 is 25.7. The Bertz CT molecular complexity index is 973. The van der Waals surface area contributed by atoms with Gasteiger partial charge in [0.1, 0.15) is 19.0 Å². The van der Waals surface area contributed by atoms with Crippen molar-refractivity contribution in [3.63, 3.8) is 0 Å². The zero-order valence-electron chi connectivity index (χ0n) is 12.9. The fourth-order valence-corrected chi connectivity index (χ4v) is 3.13. The van der Waals surface area contributed by atoms with Crippen molar-refractivity contribution in [1.29, 1.82) is 0 Å². The minimum absolute atomic E-state index is 0.112. The first-order valence-electron chi connectivity index (χ1n) is 7.62. The highest BCUT2D eigenvalue weighted by Crippen LogP contribution is 2.32.